The summed E-state index contributed by atoms with van der Waals surface area (Å²) >= 11 is 0. The van der Waals surface area contributed by atoms with E-state index >= 15 is 0 Å². The second-order valence-electron chi connectivity index (χ2n) is 6.41. The van der Waals surface area contributed by atoms with Crippen molar-refractivity contribution >= 4 is 36.6 Å². The monoisotopic (exact) mass is 389 g/mol. The van der Waals surface area contributed by atoms with Crippen molar-refractivity contribution in [2.75, 3.05) is 50.8 Å². The number of benzene rings is 1. The molecule has 142 valence electrons. The van der Waals surface area contributed by atoms with E-state index in [1.807, 2.05) is 11.0 Å². The normalized spacial score (nSPS) is 18.1. The Bertz CT molecular complexity index is 490. The van der Waals surface area contributed by atoms with Gasteiger partial charge in [0.25, 0.3) is 0 Å². The first-order valence-corrected chi connectivity index (χ1v) is 8.75. The summed E-state index contributed by atoms with van der Waals surface area (Å²) in [6.45, 7) is 5.96. The zero-order chi connectivity index (χ0) is 15.9. The lowest BCUT2D eigenvalue weighted by Gasteiger charge is -2.35. The quantitative estimate of drug-likeness (QED) is 0.858. The van der Waals surface area contributed by atoms with Crippen molar-refractivity contribution < 1.29 is 9.53 Å². The summed E-state index contributed by atoms with van der Waals surface area (Å²) < 4.78 is 5.47. The molecule has 0 spiro atoms. The summed E-state index contributed by atoms with van der Waals surface area (Å²) in [5.41, 5.74) is 1.23. The van der Waals surface area contributed by atoms with Gasteiger partial charge < -0.3 is 19.9 Å². The maximum atomic E-state index is 12.2. The van der Waals surface area contributed by atoms with Gasteiger partial charge in [-0.1, -0.05) is 18.2 Å². The van der Waals surface area contributed by atoms with Crippen LogP contribution >= 0.6 is 24.8 Å². The van der Waals surface area contributed by atoms with Crippen LogP contribution in [0.1, 0.15) is 19.3 Å². The van der Waals surface area contributed by atoms with Crippen LogP contribution in [-0.2, 0) is 4.74 Å². The lowest BCUT2D eigenvalue weighted by atomic mass is 9.95. The van der Waals surface area contributed by atoms with Crippen molar-refractivity contribution in [3.05, 3.63) is 30.3 Å². The molecule has 7 heteroatoms. The van der Waals surface area contributed by atoms with Gasteiger partial charge in [-0.05, 0) is 50.4 Å². The van der Waals surface area contributed by atoms with Crippen LogP contribution in [0.15, 0.2) is 30.3 Å². The van der Waals surface area contributed by atoms with Crippen molar-refractivity contribution in [2.24, 2.45) is 5.92 Å². The first-order chi connectivity index (χ1) is 11.3. The first kappa shape index (κ1) is 21.9. The molecule has 0 radical (unpaired) electrons. The van der Waals surface area contributed by atoms with Gasteiger partial charge in [-0.25, -0.2) is 4.79 Å². The predicted octanol–water partition coefficient (Wildman–Crippen LogP) is 3.18. The Labute approximate surface area is 162 Å². The molecule has 0 saturated carbocycles. The number of carbonyl (C=O) groups is 1. The molecule has 5 nitrogen and oxygen atoms in total. The molecule has 1 aromatic carbocycles. The Morgan fingerprint density at radius 2 is 1.68 bits per heavy atom. The lowest BCUT2D eigenvalue weighted by Crippen LogP contribution is -2.49. The van der Waals surface area contributed by atoms with Gasteiger partial charge in [-0.3, -0.25) is 0 Å². The molecule has 2 aliphatic rings. The average Bonchev–Trinajstić information content (AvgIpc) is 2.63. The molecule has 0 aliphatic carbocycles. The summed E-state index contributed by atoms with van der Waals surface area (Å²) in [5, 5.41) is 3.36. The number of hydrogen-bond acceptors (Lipinski definition) is 4. The van der Waals surface area contributed by atoms with E-state index in [0.29, 0.717) is 12.5 Å². The van der Waals surface area contributed by atoms with Gasteiger partial charge in [0.1, 0.15) is 0 Å². The van der Waals surface area contributed by atoms with E-state index < -0.39 is 0 Å². The topological polar surface area (TPSA) is 44.8 Å². The average molecular weight is 390 g/mol. The molecule has 0 bridgehead atoms. The van der Waals surface area contributed by atoms with Crippen LogP contribution in [-0.4, -0.2) is 56.9 Å². The van der Waals surface area contributed by atoms with E-state index in [0.717, 1.165) is 45.7 Å². The van der Waals surface area contributed by atoms with Gasteiger partial charge in [-0.15, -0.1) is 24.8 Å². The second kappa shape index (κ2) is 11.4. The zero-order valence-corrected chi connectivity index (χ0v) is 16.2. The van der Waals surface area contributed by atoms with Crippen LogP contribution in [0.5, 0.6) is 0 Å². The molecule has 2 heterocycles. The van der Waals surface area contributed by atoms with Crippen molar-refractivity contribution in [1.82, 2.24) is 10.2 Å². The third-order valence-corrected chi connectivity index (χ3v) is 4.87. The van der Waals surface area contributed by atoms with E-state index in [2.05, 4.69) is 34.5 Å². The Hall–Kier alpha value is -1.17. The number of hydrogen-bond donors (Lipinski definition) is 1. The number of ether oxygens (including phenoxy) is 1. The molecular weight excluding hydrogens is 361 g/mol. The highest BCUT2D eigenvalue weighted by Gasteiger charge is 2.22. The number of para-hydroxylation sites is 1. The Balaban J connectivity index is 0.00000156. The first-order valence-electron chi connectivity index (χ1n) is 8.75. The van der Waals surface area contributed by atoms with E-state index in [9.17, 15) is 4.79 Å². The molecule has 3 rings (SSSR count). The maximum absolute atomic E-state index is 12.2. The second-order valence-corrected chi connectivity index (χ2v) is 6.41. The van der Waals surface area contributed by atoms with Crippen LogP contribution in [0.3, 0.4) is 0 Å². The molecule has 2 saturated heterocycles. The minimum Gasteiger partial charge on any atom is -0.449 e. The van der Waals surface area contributed by atoms with E-state index in [-0.39, 0.29) is 30.9 Å². The SMILES string of the molecule is Cl.Cl.O=C(OCCC1CCNCC1)N1CCN(c2ccccc2)CC1. The minimum absolute atomic E-state index is 0. The van der Waals surface area contributed by atoms with Gasteiger partial charge >= 0.3 is 6.09 Å². The number of piperazine rings is 1. The fourth-order valence-corrected chi connectivity index (χ4v) is 3.36. The van der Waals surface area contributed by atoms with Gasteiger partial charge in [0, 0.05) is 31.9 Å². The molecule has 1 amide bonds. The van der Waals surface area contributed by atoms with Gasteiger partial charge in [0.15, 0.2) is 0 Å². The fourth-order valence-electron chi connectivity index (χ4n) is 3.36. The van der Waals surface area contributed by atoms with E-state index in [4.69, 9.17) is 4.74 Å². The summed E-state index contributed by atoms with van der Waals surface area (Å²) in [6.07, 6.45) is 3.25. The third kappa shape index (κ3) is 6.57. The number of piperidine rings is 1. The summed E-state index contributed by atoms with van der Waals surface area (Å²) in [6, 6.07) is 10.4. The summed E-state index contributed by atoms with van der Waals surface area (Å²) in [5.74, 6) is 0.707. The number of nitrogens with zero attached hydrogens (tertiary/aromatic N) is 2. The van der Waals surface area contributed by atoms with Crippen LogP contribution in [0.25, 0.3) is 0 Å². The standard InChI is InChI=1S/C18H27N3O2.2ClH/c22-18(23-15-8-16-6-9-19-10-7-16)21-13-11-20(12-14-21)17-4-2-1-3-5-17;;/h1-5,16,19H,6-15H2;2*1H. The number of amides is 1. The molecule has 1 N–H and O–H groups in total. The Morgan fingerprint density at radius 3 is 2.32 bits per heavy atom. The third-order valence-electron chi connectivity index (χ3n) is 4.87. The number of anilines is 1. The van der Waals surface area contributed by atoms with E-state index in [1.54, 1.807) is 0 Å². The van der Waals surface area contributed by atoms with Crippen LogP contribution in [0.2, 0.25) is 0 Å². The summed E-state index contributed by atoms with van der Waals surface area (Å²) in [7, 11) is 0. The van der Waals surface area contributed by atoms with Crippen LogP contribution in [0.4, 0.5) is 10.5 Å². The molecule has 1 aromatic rings. The van der Waals surface area contributed by atoms with Crippen LogP contribution in [0, 0.1) is 5.92 Å². The maximum Gasteiger partial charge on any atom is 0.409 e. The number of nitrogens with one attached hydrogen (secondary N) is 1. The summed E-state index contributed by atoms with van der Waals surface area (Å²) in [4.78, 5) is 16.3. The molecule has 0 aromatic heterocycles. The molecule has 0 atom stereocenters. The number of halogens is 2. The van der Waals surface area contributed by atoms with Gasteiger partial charge in [-0.2, -0.15) is 0 Å². The number of rotatable bonds is 4. The van der Waals surface area contributed by atoms with Crippen molar-refractivity contribution in [3.63, 3.8) is 0 Å². The van der Waals surface area contributed by atoms with Gasteiger partial charge in [0.05, 0.1) is 6.61 Å². The lowest BCUT2D eigenvalue weighted by molar-refractivity contribution is 0.0929. The molecule has 0 unspecified atom stereocenters. The fraction of sp³-hybridized carbons (Fsp3) is 0.611. The van der Waals surface area contributed by atoms with Crippen LogP contribution < -0.4 is 10.2 Å². The highest BCUT2D eigenvalue weighted by atomic mass is 35.5. The highest BCUT2D eigenvalue weighted by molar-refractivity contribution is 5.85. The van der Waals surface area contributed by atoms with Gasteiger partial charge in [0.2, 0.25) is 0 Å². The van der Waals surface area contributed by atoms with Crippen molar-refractivity contribution in [2.45, 2.75) is 19.3 Å². The molecule has 2 aliphatic heterocycles. The Kier molecular flexibility index (Phi) is 10.0. The van der Waals surface area contributed by atoms with Crippen molar-refractivity contribution in [1.29, 1.82) is 0 Å². The number of carbonyl (C=O) groups excluding carboxylic acids is 1. The van der Waals surface area contributed by atoms with Crippen molar-refractivity contribution in [3.8, 4) is 0 Å². The largest absolute Gasteiger partial charge is 0.449 e. The Morgan fingerprint density at radius 1 is 1.04 bits per heavy atom. The zero-order valence-electron chi connectivity index (χ0n) is 14.6. The smallest absolute Gasteiger partial charge is 0.409 e. The minimum atomic E-state index is -0.147. The van der Waals surface area contributed by atoms with E-state index in [1.165, 1.54) is 18.5 Å². The highest BCUT2D eigenvalue weighted by Crippen LogP contribution is 2.17. The molecule has 25 heavy (non-hydrogen) atoms. The molecule has 2 fully saturated rings. The molecular formula is C18H29Cl2N3O2. The predicted molar refractivity (Wildman–Crippen MR) is 106 cm³/mol.